The Balaban J connectivity index is 1.17. The summed E-state index contributed by atoms with van der Waals surface area (Å²) in [4.78, 5) is 18.8. The van der Waals surface area contributed by atoms with Crippen LogP contribution in [-0.2, 0) is 24.2 Å². The van der Waals surface area contributed by atoms with E-state index in [0.717, 1.165) is 50.0 Å². The number of hydrogen-bond donors (Lipinski definition) is 2. The van der Waals surface area contributed by atoms with Crippen LogP contribution in [0.4, 0.5) is 5.69 Å². The van der Waals surface area contributed by atoms with E-state index in [2.05, 4.69) is 56.9 Å². The van der Waals surface area contributed by atoms with Crippen LogP contribution in [0, 0.1) is 0 Å². The summed E-state index contributed by atoms with van der Waals surface area (Å²) < 4.78 is 0. The summed E-state index contributed by atoms with van der Waals surface area (Å²) in [6.45, 7) is 3.70. The predicted molar refractivity (Wildman–Crippen MR) is 130 cm³/mol. The molecule has 5 nitrogen and oxygen atoms in total. The van der Waals surface area contributed by atoms with Crippen molar-refractivity contribution in [2.75, 3.05) is 24.5 Å². The van der Waals surface area contributed by atoms with Crippen LogP contribution < -0.4 is 15.5 Å². The first-order chi connectivity index (χ1) is 15.8. The van der Waals surface area contributed by atoms with Gasteiger partial charge in [0.05, 0.1) is 6.42 Å². The molecule has 3 aromatic rings. The number of nitrogens with one attached hydrogen (secondary N) is 2. The Hall–Kier alpha value is -3.18. The van der Waals surface area contributed by atoms with Crippen molar-refractivity contribution in [1.82, 2.24) is 15.6 Å². The van der Waals surface area contributed by atoms with Crippen LogP contribution in [0.3, 0.4) is 0 Å². The van der Waals surface area contributed by atoms with Gasteiger partial charge in [0.2, 0.25) is 5.91 Å². The number of piperidine rings is 1. The molecule has 1 aliphatic rings. The molecule has 1 amide bonds. The molecule has 4 rings (SSSR count). The van der Waals surface area contributed by atoms with Crippen LogP contribution in [0.25, 0.3) is 0 Å². The molecule has 1 saturated heterocycles. The highest BCUT2D eigenvalue weighted by molar-refractivity contribution is 5.78. The summed E-state index contributed by atoms with van der Waals surface area (Å²) >= 11 is 0. The smallest absolute Gasteiger partial charge is 0.224 e. The van der Waals surface area contributed by atoms with Crippen molar-refractivity contribution in [1.29, 1.82) is 0 Å². The number of carbonyl (C=O) groups is 1. The third-order valence-electron chi connectivity index (χ3n) is 6.09. The lowest BCUT2D eigenvalue weighted by molar-refractivity contribution is -0.120. The summed E-state index contributed by atoms with van der Waals surface area (Å²) in [5.74, 6) is 0.0558. The summed E-state index contributed by atoms with van der Waals surface area (Å²) in [5.41, 5.74) is 4.74. The van der Waals surface area contributed by atoms with Crippen LogP contribution in [-0.4, -0.2) is 36.6 Å². The maximum atomic E-state index is 12.3. The van der Waals surface area contributed by atoms with Crippen LogP contribution >= 0.6 is 0 Å². The molecule has 1 fully saturated rings. The van der Waals surface area contributed by atoms with Crippen LogP contribution in [0.15, 0.2) is 79.1 Å². The van der Waals surface area contributed by atoms with Gasteiger partial charge in [0.15, 0.2) is 0 Å². The van der Waals surface area contributed by atoms with Crippen molar-refractivity contribution in [2.24, 2.45) is 0 Å². The minimum atomic E-state index is 0.0558. The minimum Gasteiger partial charge on any atom is -0.371 e. The molecule has 1 aromatic heterocycles. The molecule has 5 heteroatoms. The molecule has 1 aliphatic heterocycles. The lowest BCUT2D eigenvalue weighted by atomic mass is 10.0. The largest absolute Gasteiger partial charge is 0.371 e. The van der Waals surface area contributed by atoms with E-state index in [0.29, 0.717) is 19.0 Å². The minimum absolute atomic E-state index is 0.0558. The number of benzene rings is 2. The van der Waals surface area contributed by atoms with Crippen LogP contribution in [0.5, 0.6) is 0 Å². The molecule has 0 saturated carbocycles. The molecule has 0 aliphatic carbocycles. The van der Waals surface area contributed by atoms with Crippen LogP contribution in [0.1, 0.15) is 29.5 Å². The topological polar surface area (TPSA) is 57.3 Å². The van der Waals surface area contributed by atoms with E-state index in [4.69, 9.17) is 0 Å². The molecule has 2 N–H and O–H groups in total. The molecule has 0 spiro atoms. The van der Waals surface area contributed by atoms with E-state index in [9.17, 15) is 4.79 Å². The third kappa shape index (κ3) is 6.66. The first-order valence-electron chi connectivity index (χ1n) is 11.5. The zero-order valence-corrected chi connectivity index (χ0v) is 18.5. The average Bonchev–Trinajstić information content (AvgIpc) is 2.85. The molecule has 0 atom stereocenters. The number of hydrogen-bond acceptors (Lipinski definition) is 4. The highest BCUT2D eigenvalue weighted by Crippen LogP contribution is 2.21. The lowest BCUT2D eigenvalue weighted by Gasteiger charge is -2.34. The Morgan fingerprint density at radius 2 is 1.59 bits per heavy atom. The second-order valence-electron chi connectivity index (χ2n) is 8.43. The summed E-state index contributed by atoms with van der Waals surface area (Å²) in [7, 11) is 0. The van der Waals surface area contributed by atoms with Crippen molar-refractivity contribution in [3.63, 3.8) is 0 Å². The molecule has 2 aromatic carbocycles. The third-order valence-corrected chi connectivity index (χ3v) is 6.09. The van der Waals surface area contributed by atoms with Crippen molar-refractivity contribution >= 4 is 11.6 Å². The molecule has 0 bridgehead atoms. The van der Waals surface area contributed by atoms with Gasteiger partial charge in [0.1, 0.15) is 0 Å². The predicted octanol–water partition coefficient (Wildman–Crippen LogP) is 3.74. The SMILES string of the molecule is O=C(Cc1ccc(N2CCC(NCCc3ccncc3)CC2)cc1)NCc1ccccc1. The average molecular weight is 429 g/mol. The summed E-state index contributed by atoms with van der Waals surface area (Å²) in [5, 5.41) is 6.70. The second-order valence-corrected chi connectivity index (χ2v) is 8.43. The zero-order chi connectivity index (χ0) is 22.0. The van der Waals surface area contributed by atoms with Crippen molar-refractivity contribution in [3.05, 3.63) is 95.8 Å². The second kappa shape index (κ2) is 11.4. The van der Waals surface area contributed by atoms with Gasteiger partial charge in [-0.1, -0.05) is 42.5 Å². The molecular formula is C27H32N4O. The number of aromatic nitrogens is 1. The molecule has 2 heterocycles. The first-order valence-corrected chi connectivity index (χ1v) is 11.5. The molecule has 166 valence electrons. The number of nitrogens with zero attached hydrogens (tertiary/aromatic N) is 2. The Morgan fingerprint density at radius 3 is 2.31 bits per heavy atom. The number of rotatable bonds is 9. The van der Waals surface area contributed by atoms with Crippen LogP contribution in [0.2, 0.25) is 0 Å². The first kappa shape index (κ1) is 22.0. The molecular weight excluding hydrogens is 396 g/mol. The zero-order valence-electron chi connectivity index (χ0n) is 18.5. The summed E-state index contributed by atoms with van der Waals surface area (Å²) in [6, 6.07) is 23.2. The van der Waals surface area contributed by atoms with Crippen molar-refractivity contribution in [2.45, 2.75) is 38.3 Å². The highest BCUT2D eigenvalue weighted by atomic mass is 16.1. The van der Waals surface area contributed by atoms with Gasteiger partial charge < -0.3 is 15.5 Å². The van der Waals surface area contributed by atoms with Gasteiger partial charge in [0, 0.05) is 43.8 Å². The van der Waals surface area contributed by atoms with Gasteiger partial charge >= 0.3 is 0 Å². The van der Waals surface area contributed by atoms with Gasteiger partial charge in [-0.25, -0.2) is 0 Å². The highest BCUT2D eigenvalue weighted by Gasteiger charge is 2.19. The Kier molecular flexibility index (Phi) is 7.88. The lowest BCUT2D eigenvalue weighted by Crippen LogP contribution is -2.43. The van der Waals surface area contributed by atoms with E-state index >= 15 is 0 Å². The van der Waals surface area contributed by atoms with E-state index in [1.165, 1.54) is 11.3 Å². The number of anilines is 1. The normalized spacial score (nSPS) is 14.3. The van der Waals surface area contributed by atoms with Gasteiger partial charge in [-0.3, -0.25) is 9.78 Å². The maximum Gasteiger partial charge on any atom is 0.224 e. The fourth-order valence-electron chi connectivity index (χ4n) is 4.18. The number of pyridine rings is 1. The number of amides is 1. The Labute approximate surface area is 190 Å². The van der Waals surface area contributed by atoms with Gasteiger partial charge in [-0.2, -0.15) is 0 Å². The van der Waals surface area contributed by atoms with E-state index in [-0.39, 0.29) is 5.91 Å². The monoisotopic (exact) mass is 428 g/mol. The fraction of sp³-hybridized carbons (Fsp3) is 0.333. The quantitative estimate of drug-likeness (QED) is 0.545. The molecule has 0 radical (unpaired) electrons. The fourth-order valence-corrected chi connectivity index (χ4v) is 4.18. The van der Waals surface area contributed by atoms with Crippen molar-refractivity contribution < 1.29 is 4.79 Å². The standard InChI is InChI=1S/C27H32N4O/c32-27(30-21-24-4-2-1-3-5-24)20-23-6-8-26(9-7-23)31-18-13-25(14-19-31)29-17-12-22-10-15-28-16-11-22/h1-11,15-16,25,29H,12-14,17-21H2,(H,30,32). The van der Waals surface area contributed by atoms with Gasteiger partial charge in [0.25, 0.3) is 0 Å². The van der Waals surface area contributed by atoms with E-state index in [1.807, 2.05) is 42.7 Å². The van der Waals surface area contributed by atoms with Gasteiger partial charge in [-0.15, -0.1) is 0 Å². The Morgan fingerprint density at radius 1 is 0.875 bits per heavy atom. The number of carbonyl (C=O) groups excluding carboxylic acids is 1. The Bertz CT molecular complexity index is 952. The van der Waals surface area contributed by atoms with E-state index in [1.54, 1.807) is 0 Å². The van der Waals surface area contributed by atoms with E-state index < -0.39 is 0 Å². The molecule has 0 unspecified atom stereocenters. The van der Waals surface area contributed by atoms with Crippen molar-refractivity contribution in [3.8, 4) is 0 Å². The maximum absolute atomic E-state index is 12.3. The summed E-state index contributed by atoms with van der Waals surface area (Å²) in [6.07, 6.45) is 7.48. The molecule has 32 heavy (non-hydrogen) atoms. The van der Waals surface area contributed by atoms with Gasteiger partial charge in [-0.05, 0) is 66.8 Å².